The van der Waals surface area contributed by atoms with E-state index < -0.39 is 0 Å². The van der Waals surface area contributed by atoms with Crippen LogP contribution in [0.3, 0.4) is 0 Å². The van der Waals surface area contributed by atoms with Crippen LogP contribution < -0.4 is 5.69 Å². The van der Waals surface area contributed by atoms with Crippen molar-refractivity contribution in [3.63, 3.8) is 0 Å². The predicted molar refractivity (Wildman–Crippen MR) is 47.0 cm³/mol. The monoisotopic (exact) mass is 177 g/mol. The van der Waals surface area contributed by atoms with Crippen molar-refractivity contribution in [3.05, 3.63) is 22.9 Å². The SMILES string of the molecule is N#CC1CCCC1n1cc[nH]c1=O. The van der Waals surface area contributed by atoms with Gasteiger partial charge in [0.25, 0.3) is 0 Å². The Hall–Kier alpha value is -1.50. The van der Waals surface area contributed by atoms with E-state index in [2.05, 4.69) is 11.1 Å². The van der Waals surface area contributed by atoms with Crippen LogP contribution in [0.25, 0.3) is 0 Å². The number of nitriles is 1. The molecule has 0 radical (unpaired) electrons. The number of H-pyrrole nitrogens is 1. The van der Waals surface area contributed by atoms with Crippen LogP contribution >= 0.6 is 0 Å². The van der Waals surface area contributed by atoms with Crippen molar-refractivity contribution in [3.8, 4) is 6.07 Å². The zero-order valence-corrected chi connectivity index (χ0v) is 7.23. The zero-order valence-electron chi connectivity index (χ0n) is 7.23. The Morgan fingerprint density at radius 1 is 1.62 bits per heavy atom. The average molecular weight is 177 g/mol. The van der Waals surface area contributed by atoms with Crippen molar-refractivity contribution in [2.45, 2.75) is 25.3 Å². The second-order valence-corrected chi connectivity index (χ2v) is 3.41. The van der Waals surface area contributed by atoms with Gasteiger partial charge in [-0.1, -0.05) is 0 Å². The molecule has 0 saturated heterocycles. The largest absolute Gasteiger partial charge is 0.325 e. The number of imidazole rings is 1. The third-order valence-electron chi connectivity index (χ3n) is 2.68. The minimum Gasteiger partial charge on any atom is -0.313 e. The topological polar surface area (TPSA) is 61.6 Å². The van der Waals surface area contributed by atoms with Crippen LogP contribution in [0, 0.1) is 17.2 Å². The van der Waals surface area contributed by atoms with Crippen molar-refractivity contribution in [1.29, 1.82) is 5.26 Å². The van der Waals surface area contributed by atoms with E-state index in [1.165, 1.54) is 0 Å². The first-order chi connectivity index (χ1) is 6.33. The summed E-state index contributed by atoms with van der Waals surface area (Å²) in [5.41, 5.74) is -0.104. The fourth-order valence-electron chi connectivity index (χ4n) is 2.02. The van der Waals surface area contributed by atoms with E-state index in [-0.39, 0.29) is 17.6 Å². The first-order valence-electron chi connectivity index (χ1n) is 4.48. The van der Waals surface area contributed by atoms with Crippen LogP contribution in [0.1, 0.15) is 25.3 Å². The molecule has 1 N–H and O–H groups in total. The highest BCUT2D eigenvalue weighted by Crippen LogP contribution is 2.33. The Balaban J connectivity index is 2.32. The molecule has 1 fully saturated rings. The van der Waals surface area contributed by atoms with Crippen LogP contribution in [0.4, 0.5) is 0 Å². The van der Waals surface area contributed by atoms with E-state index in [1.807, 2.05) is 0 Å². The van der Waals surface area contributed by atoms with Crippen LogP contribution in [0.2, 0.25) is 0 Å². The van der Waals surface area contributed by atoms with E-state index in [0.717, 1.165) is 19.3 Å². The minimum absolute atomic E-state index is 0.00787. The molecule has 2 unspecified atom stereocenters. The molecule has 1 aliphatic carbocycles. The first-order valence-corrected chi connectivity index (χ1v) is 4.48. The Bertz CT molecular complexity index is 384. The van der Waals surface area contributed by atoms with Gasteiger partial charge in [-0.2, -0.15) is 5.26 Å². The number of rotatable bonds is 1. The van der Waals surface area contributed by atoms with E-state index in [9.17, 15) is 4.79 Å². The zero-order chi connectivity index (χ0) is 9.26. The molecule has 0 aromatic carbocycles. The van der Waals surface area contributed by atoms with Crippen LogP contribution in [-0.2, 0) is 0 Å². The lowest BCUT2D eigenvalue weighted by Crippen LogP contribution is -2.23. The number of aromatic amines is 1. The lowest BCUT2D eigenvalue weighted by molar-refractivity contribution is 0.438. The van der Waals surface area contributed by atoms with Crippen molar-refractivity contribution in [2.24, 2.45) is 5.92 Å². The third kappa shape index (κ3) is 1.26. The highest BCUT2D eigenvalue weighted by Gasteiger charge is 2.29. The van der Waals surface area contributed by atoms with Gasteiger partial charge in [-0.3, -0.25) is 4.57 Å². The van der Waals surface area contributed by atoms with Gasteiger partial charge in [-0.15, -0.1) is 0 Å². The normalized spacial score (nSPS) is 27.3. The van der Waals surface area contributed by atoms with Gasteiger partial charge in [-0.25, -0.2) is 4.79 Å². The fraction of sp³-hybridized carbons (Fsp3) is 0.556. The predicted octanol–water partition coefficient (Wildman–Crippen LogP) is 1.04. The summed E-state index contributed by atoms with van der Waals surface area (Å²) in [6.07, 6.45) is 6.24. The van der Waals surface area contributed by atoms with Crippen molar-refractivity contribution >= 4 is 0 Å². The fourth-order valence-corrected chi connectivity index (χ4v) is 2.02. The summed E-state index contributed by atoms with van der Waals surface area (Å²) in [5, 5.41) is 8.85. The molecule has 2 rings (SSSR count). The second kappa shape index (κ2) is 3.09. The number of hydrogen-bond donors (Lipinski definition) is 1. The molecular weight excluding hydrogens is 166 g/mol. The number of hydrogen-bond acceptors (Lipinski definition) is 2. The molecule has 1 aliphatic rings. The highest BCUT2D eigenvalue weighted by atomic mass is 16.1. The molecule has 1 saturated carbocycles. The van der Waals surface area contributed by atoms with Crippen LogP contribution in [0.15, 0.2) is 17.2 Å². The summed E-state index contributed by atoms with van der Waals surface area (Å²) in [7, 11) is 0. The van der Waals surface area contributed by atoms with Gasteiger partial charge in [-0.05, 0) is 19.3 Å². The van der Waals surface area contributed by atoms with Gasteiger partial charge in [0.2, 0.25) is 0 Å². The Labute approximate surface area is 75.8 Å². The first kappa shape index (κ1) is 8.11. The number of nitrogens with zero attached hydrogens (tertiary/aromatic N) is 2. The molecule has 0 spiro atoms. The number of nitrogens with one attached hydrogen (secondary N) is 1. The summed E-state index contributed by atoms with van der Waals surface area (Å²) in [5.74, 6) is 0.00787. The van der Waals surface area contributed by atoms with Gasteiger partial charge in [0, 0.05) is 12.4 Å². The quantitative estimate of drug-likeness (QED) is 0.696. The van der Waals surface area contributed by atoms with E-state index in [0.29, 0.717) is 0 Å². The lowest BCUT2D eigenvalue weighted by Gasteiger charge is -2.13. The molecule has 4 nitrogen and oxygen atoms in total. The molecule has 4 heteroatoms. The summed E-state index contributed by atoms with van der Waals surface area (Å²) < 4.78 is 1.64. The molecule has 13 heavy (non-hydrogen) atoms. The highest BCUT2D eigenvalue weighted by molar-refractivity contribution is 4.97. The molecule has 68 valence electrons. The molecule has 1 aromatic rings. The van der Waals surface area contributed by atoms with E-state index >= 15 is 0 Å². The molecule has 0 aliphatic heterocycles. The van der Waals surface area contributed by atoms with Gasteiger partial charge in [0.15, 0.2) is 0 Å². The standard InChI is InChI=1S/C9H11N3O/c10-6-7-2-1-3-8(7)12-5-4-11-9(12)13/h4-5,7-8H,1-3H2,(H,11,13). The number of aromatic nitrogens is 2. The Kier molecular flexibility index (Phi) is 1.93. The third-order valence-corrected chi connectivity index (χ3v) is 2.68. The van der Waals surface area contributed by atoms with Crippen molar-refractivity contribution in [2.75, 3.05) is 0 Å². The van der Waals surface area contributed by atoms with Gasteiger partial charge in [0.05, 0.1) is 18.0 Å². The maximum atomic E-state index is 11.3. The van der Waals surface area contributed by atoms with Crippen LogP contribution in [-0.4, -0.2) is 9.55 Å². The average Bonchev–Trinajstić information content (AvgIpc) is 2.71. The maximum Gasteiger partial charge on any atom is 0.325 e. The van der Waals surface area contributed by atoms with Gasteiger partial charge < -0.3 is 4.98 Å². The lowest BCUT2D eigenvalue weighted by atomic mass is 10.1. The molecule has 0 amide bonds. The summed E-state index contributed by atoms with van der Waals surface area (Å²) in [6, 6.07) is 2.34. The Morgan fingerprint density at radius 2 is 2.46 bits per heavy atom. The second-order valence-electron chi connectivity index (χ2n) is 3.41. The van der Waals surface area contributed by atoms with Crippen molar-refractivity contribution in [1.82, 2.24) is 9.55 Å². The molecule has 1 aromatic heterocycles. The molecule has 1 heterocycles. The Morgan fingerprint density at radius 3 is 3.08 bits per heavy atom. The molecule has 0 bridgehead atoms. The van der Waals surface area contributed by atoms with Gasteiger partial charge >= 0.3 is 5.69 Å². The summed E-state index contributed by atoms with van der Waals surface area (Å²) in [4.78, 5) is 13.9. The summed E-state index contributed by atoms with van der Waals surface area (Å²) >= 11 is 0. The minimum atomic E-state index is -0.104. The van der Waals surface area contributed by atoms with Gasteiger partial charge in [0.1, 0.15) is 0 Å². The smallest absolute Gasteiger partial charge is 0.313 e. The maximum absolute atomic E-state index is 11.3. The van der Waals surface area contributed by atoms with Crippen LogP contribution in [0.5, 0.6) is 0 Å². The summed E-state index contributed by atoms with van der Waals surface area (Å²) in [6.45, 7) is 0. The molecule has 2 atom stereocenters. The van der Waals surface area contributed by atoms with E-state index in [4.69, 9.17) is 5.26 Å². The van der Waals surface area contributed by atoms with E-state index in [1.54, 1.807) is 17.0 Å². The molecular formula is C9H11N3O. The van der Waals surface area contributed by atoms with Crippen molar-refractivity contribution < 1.29 is 0 Å².